The summed E-state index contributed by atoms with van der Waals surface area (Å²) in [6.07, 6.45) is 1.68. The molecule has 1 saturated heterocycles. The summed E-state index contributed by atoms with van der Waals surface area (Å²) < 4.78 is 0. The van der Waals surface area contributed by atoms with E-state index in [0.717, 1.165) is 19.4 Å². The Morgan fingerprint density at radius 3 is 2.10 bits per heavy atom. The molecule has 98 valence electrons. The van der Waals surface area contributed by atoms with Crippen LogP contribution in [0, 0.1) is 0 Å². The van der Waals surface area contributed by atoms with Crippen molar-refractivity contribution in [3.05, 3.63) is 29.8 Å². The molecule has 2 N–H and O–H groups in total. The van der Waals surface area contributed by atoms with Gasteiger partial charge in [0.1, 0.15) is 5.75 Å². The summed E-state index contributed by atoms with van der Waals surface area (Å²) in [6.45, 7) is 0.818. The second-order valence-corrected chi connectivity index (χ2v) is 3.77. The van der Waals surface area contributed by atoms with Gasteiger partial charge in [-0.05, 0) is 31.5 Å². The smallest absolute Gasteiger partial charge is 0.548 e. The van der Waals surface area contributed by atoms with Crippen LogP contribution in [0.25, 0.3) is 0 Å². The molecule has 2 rings (SSSR count). The van der Waals surface area contributed by atoms with Crippen molar-refractivity contribution in [1.82, 2.24) is 5.32 Å². The molecule has 1 aromatic rings. The summed E-state index contributed by atoms with van der Waals surface area (Å²) in [5.41, 5.74) is -0.178. The van der Waals surface area contributed by atoms with Crippen LogP contribution in [-0.4, -0.2) is 29.6 Å². The number of benzene rings is 1. The Balaban J connectivity index is 0. The molecule has 8 heteroatoms. The minimum atomic E-state index is -1.36. The van der Waals surface area contributed by atoms with Crippen LogP contribution in [0.15, 0.2) is 24.3 Å². The molecule has 1 aromatic carbocycles. The first-order valence-electron chi connectivity index (χ1n) is 5.46. The molecule has 1 aliphatic rings. The molecule has 20 heavy (non-hydrogen) atoms. The third-order valence-corrected chi connectivity index (χ3v) is 2.47. The summed E-state index contributed by atoms with van der Waals surface area (Å²) in [5.74, 6) is -2.59. The molecular formula is C12H13Li2NO5. The van der Waals surface area contributed by atoms with Crippen LogP contribution < -0.4 is 53.3 Å². The Bertz CT molecular complexity index is 436. The Kier molecular flexibility index (Phi) is 11.6. The minimum Gasteiger partial charge on any atom is -0.548 e. The molecule has 0 aromatic heterocycles. The molecule has 1 aliphatic heterocycles. The zero-order valence-electron chi connectivity index (χ0n) is 11.6. The maximum atomic E-state index is 10.2. The van der Waals surface area contributed by atoms with Crippen molar-refractivity contribution in [3.63, 3.8) is 0 Å². The van der Waals surface area contributed by atoms with Gasteiger partial charge in [-0.25, -0.2) is 0 Å². The number of para-hydroxylation sites is 1. The topological polar surface area (TPSA) is 113 Å². The van der Waals surface area contributed by atoms with Gasteiger partial charge in [0.2, 0.25) is 0 Å². The molecular weight excluding hydrogens is 252 g/mol. The molecule has 6 nitrogen and oxygen atoms in total. The SMILES string of the molecule is O=C([O-])[C@@H]1CCCN1.O=C([O-])c1ccccc1O.[Li+].[Li+]. The first kappa shape index (κ1) is 21.4. The summed E-state index contributed by atoms with van der Waals surface area (Å²) in [6, 6.07) is 5.26. The fraction of sp³-hybridized carbons (Fsp3) is 0.333. The number of phenols is 1. The van der Waals surface area contributed by atoms with Gasteiger partial charge < -0.3 is 30.2 Å². The monoisotopic (exact) mass is 265 g/mol. The van der Waals surface area contributed by atoms with Crippen LogP contribution in [0.5, 0.6) is 5.75 Å². The van der Waals surface area contributed by atoms with Crippen LogP contribution in [0.3, 0.4) is 0 Å². The minimum absolute atomic E-state index is 0. The summed E-state index contributed by atoms with van der Waals surface area (Å²) >= 11 is 0. The fourth-order valence-corrected chi connectivity index (χ4v) is 1.53. The van der Waals surface area contributed by atoms with E-state index in [1.807, 2.05) is 0 Å². The third-order valence-electron chi connectivity index (χ3n) is 2.47. The maximum absolute atomic E-state index is 10.2. The van der Waals surface area contributed by atoms with E-state index < -0.39 is 11.9 Å². The van der Waals surface area contributed by atoms with Gasteiger partial charge in [0.05, 0.1) is 11.9 Å². The molecule has 0 radical (unpaired) electrons. The average molecular weight is 265 g/mol. The Morgan fingerprint density at radius 1 is 1.20 bits per heavy atom. The number of aromatic carboxylic acids is 1. The molecule has 1 atom stereocenters. The normalized spacial score (nSPS) is 15.9. The molecule has 0 unspecified atom stereocenters. The van der Waals surface area contributed by atoms with Crippen molar-refractivity contribution >= 4 is 11.9 Å². The van der Waals surface area contributed by atoms with Gasteiger partial charge in [-0.15, -0.1) is 0 Å². The van der Waals surface area contributed by atoms with Crippen LogP contribution >= 0.6 is 0 Å². The Labute approximate surface area is 140 Å². The molecule has 0 amide bonds. The quantitative estimate of drug-likeness (QED) is 0.514. The van der Waals surface area contributed by atoms with Crippen LogP contribution in [0.2, 0.25) is 0 Å². The second-order valence-electron chi connectivity index (χ2n) is 3.77. The number of carboxylic acid groups (broad SMARTS) is 2. The second kappa shape index (κ2) is 10.8. The van der Waals surface area contributed by atoms with E-state index in [0.29, 0.717) is 0 Å². The van der Waals surface area contributed by atoms with E-state index in [-0.39, 0.29) is 55.1 Å². The summed E-state index contributed by atoms with van der Waals surface area (Å²) in [7, 11) is 0. The molecule has 0 aliphatic carbocycles. The fourth-order valence-electron chi connectivity index (χ4n) is 1.53. The summed E-state index contributed by atoms with van der Waals surface area (Å²) in [4.78, 5) is 20.2. The molecule has 1 fully saturated rings. The number of aliphatic carboxylic acids is 1. The number of hydrogen-bond acceptors (Lipinski definition) is 6. The number of carboxylic acids is 2. The maximum Gasteiger partial charge on any atom is 1.00 e. The van der Waals surface area contributed by atoms with Gasteiger partial charge in [0.15, 0.2) is 0 Å². The number of hydrogen-bond donors (Lipinski definition) is 2. The Hall–Kier alpha value is -0.885. The number of carbonyl (C=O) groups is 2. The van der Waals surface area contributed by atoms with Crippen molar-refractivity contribution in [2.45, 2.75) is 18.9 Å². The van der Waals surface area contributed by atoms with Gasteiger partial charge in [0, 0.05) is 11.6 Å². The standard InChI is InChI=1S/C7H6O3.C5H9NO2.2Li/c8-6-4-2-1-3-5(6)7(9)10;7-5(8)4-2-1-3-6-4;;/h1-4,8H,(H,9,10);4,6H,1-3H2,(H,7,8);;/q;;2*+1/p-2/t;4-;;/m.0../s1. The van der Waals surface area contributed by atoms with Crippen molar-refractivity contribution in [1.29, 1.82) is 0 Å². The van der Waals surface area contributed by atoms with E-state index in [1.54, 1.807) is 6.07 Å². The van der Waals surface area contributed by atoms with E-state index in [9.17, 15) is 19.8 Å². The van der Waals surface area contributed by atoms with Gasteiger partial charge >= 0.3 is 37.7 Å². The average Bonchev–Trinajstić information content (AvgIpc) is 2.83. The van der Waals surface area contributed by atoms with Crippen LogP contribution in [0.1, 0.15) is 23.2 Å². The zero-order valence-corrected chi connectivity index (χ0v) is 11.6. The zero-order chi connectivity index (χ0) is 13.5. The van der Waals surface area contributed by atoms with Gasteiger partial charge in [-0.1, -0.05) is 12.1 Å². The molecule has 1 heterocycles. The van der Waals surface area contributed by atoms with Gasteiger partial charge in [-0.2, -0.15) is 0 Å². The predicted octanol–water partition coefficient (Wildman–Crippen LogP) is -7.75. The van der Waals surface area contributed by atoms with E-state index >= 15 is 0 Å². The molecule has 0 bridgehead atoms. The number of aromatic hydroxyl groups is 1. The van der Waals surface area contributed by atoms with E-state index in [1.165, 1.54) is 18.2 Å². The predicted molar refractivity (Wildman–Crippen MR) is 58.5 cm³/mol. The van der Waals surface area contributed by atoms with E-state index in [2.05, 4.69) is 5.32 Å². The Morgan fingerprint density at radius 2 is 1.80 bits per heavy atom. The van der Waals surface area contributed by atoms with Gasteiger partial charge in [-0.3, -0.25) is 0 Å². The van der Waals surface area contributed by atoms with Crippen LogP contribution in [0.4, 0.5) is 0 Å². The molecule has 0 spiro atoms. The van der Waals surface area contributed by atoms with Gasteiger partial charge in [0.25, 0.3) is 0 Å². The third kappa shape index (κ3) is 7.05. The summed E-state index contributed by atoms with van der Waals surface area (Å²) in [5, 5.41) is 31.8. The largest absolute Gasteiger partial charge is 1.00 e. The van der Waals surface area contributed by atoms with Crippen molar-refractivity contribution in [3.8, 4) is 5.75 Å². The number of rotatable bonds is 2. The van der Waals surface area contributed by atoms with E-state index in [4.69, 9.17) is 5.11 Å². The van der Waals surface area contributed by atoms with Crippen molar-refractivity contribution < 1.29 is 62.6 Å². The first-order chi connectivity index (χ1) is 8.52. The number of nitrogens with one attached hydrogen (secondary N) is 1. The number of carbonyl (C=O) groups excluding carboxylic acids is 2. The van der Waals surface area contributed by atoms with Crippen LogP contribution in [-0.2, 0) is 4.79 Å². The molecule has 0 saturated carbocycles. The van der Waals surface area contributed by atoms with Crippen molar-refractivity contribution in [2.24, 2.45) is 0 Å². The first-order valence-corrected chi connectivity index (χ1v) is 5.46. The van der Waals surface area contributed by atoms with Crippen molar-refractivity contribution in [2.75, 3.05) is 6.54 Å².